The molecule has 0 spiro atoms. The summed E-state index contributed by atoms with van der Waals surface area (Å²) in [7, 11) is 0. The summed E-state index contributed by atoms with van der Waals surface area (Å²) >= 11 is 0. The fraction of sp³-hybridized carbons (Fsp3) is 0.370. The predicted octanol–water partition coefficient (Wildman–Crippen LogP) is 3.65. The van der Waals surface area contributed by atoms with Crippen molar-refractivity contribution in [2.75, 3.05) is 44.6 Å². The highest BCUT2D eigenvalue weighted by atomic mass is 16.5. The molecule has 1 saturated heterocycles. The molecule has 2 aromatic carbocycles. The topological polar surface area (TPSA) is 74.8 Å². The van der Waals surface area contributed by atoms with Gasteiger partial charge in [0, 0.05) is 50.1 Å². The second kappa shape index (κ2) is 9.81. The highest BCUT2D eigenvalue weighted by Gasteiger charge is 2.23. The van der Waals surface area contributed by atoms with Crippen LogP contribution in [0.15, 0.2) is 48.5 Å². The van der Waals surface area contributed by atoms with Crippen LogP contribution in [0.25, 0.3) is 10.9 Å². The zero-order valence-electron chi connectivity index (χ0n) is 19.5. The highest BCUT2D eigenvalue weighted by Crippen LogP contribution is 2.34. The number of amides is 2. The molecule has 2 aliphatic rings. The molecular weight excluding hydrogens is 428 g/mol. The number of para-hydroxylation sites is 1. The lowest BCUT2D eigenvalue weighted by molar-refractivity contribution is -0.116. The Morgan fingerprint density at radius 3 is 2.71 bits per heavy atom. The van der Waals surface area contributed by atoms with E-state index in [4.69, 9.17) is 4.74 Å². The third-order valence-corrected chi connectivity index (χ3v) is 6.70. The van der Waals surface area contributed by atoms with Crippen molar-refractivity contribution in [3.05, 3.63) is 65.4 Å². The van der Waals surface area contributed by atoms with Crippen molar-refractivity contribution in [2.24, 2.45) is 0 Å². The average molecular weight is 459 g/mol. The Labute approximate surface area is 199 Å². The van der Waals surface area contributed by atoms with Crippen LogP contribution in [0.5, 0.6) is 5.75 Å². The molecule has 2 amide bonds. The maximum atomic E-state index is 12.9. The first-order chi connectivity index (χ1) is 16.6. The number of nitrogens with zero attached hydrogens (tertiary/aromatic N) is 3. The zero-order chi connectivity index (χ0) is 23.5. The summed E-state index contributed by atoms with van der Waals surface area (Å²) in [6.07, 6.45) is 2.14. The van der Waals surface area contributed by atoms with Gasteiger partial charge < -0.3 is 15.0 Å². The third-order valence-electron chi connectivity index (χ3n) is 6.70. The fourth-order valence-corrected chi connectivity index (χ4v) is 4.74. The summed E-state index contributed by atoms with van der Waals surface area (Å²) < 4.78 is 6.09. The van der Waals surface area contributed by atoms with Crippen molar-refractivity contribution in [1.29, 1.82) is 0 Å². The van der Waals surface area contributed by atoms with Gasteiger partial charge in [-0.05, 0) is 43.5 Å². The Bertz CT molecular complexity index is 1220. The standard InChI is InChI=1S/C27H30N4O3/c1-19-7-11-24(21-9-12-25(32)29-26(19)21)34-18-4-13-30-14-16-31(17-15-30)27(33)23-10-8-20-5-2-3-6-22(20)28-23/h2-3,5-8,10-11H,4,9,12-18H2,1H3,(H,29,32). The number of aryl methyl sites for hydroxylation is 1. The Kier molecular flexibility index (Phi) is 6.45. The summed E-state index contributed by atoms with van der Waals surface area (Å²) in [4.78, 5) is 33.5. The minimum absolute atomic E-state index is 0.00460. The molecule has 7 heteroatoms. The lowest BCUT2D eigenvalue weighted by atomic mass is 9.98. The number of anilines is 1. The van der Waals surface area contributed by atoms with Crippen molar-refractivity contribution in [2.45, 2.75) is 26.2 Å². The number of aromatic nitrogens is 1. The first-order valence-corrected chi connectivity index (χ1v) is 12.0. The largest absolute Gasteiger partial charge is 0.493 e. The molecule has 3 aromatic rings. The first-order valence-electron chi connectivity index (χ1n) is 12.0. The van der Waals surface area contributed by atoms with E-state index in [0.717, 1.165) is 65.9 Å². The number of pyridine rings is 1. The zero-order valence-corrected chi connectivity index (χ0v) is 19.5. The minimum Gasteiger partial charge on any atom is -0.493 e. The number of rotatable bonds is 6. The smallest absolute Gasteiger partial charge is 0.272 e. The molecule has 0 atom stereocenters. The van der Waals surface area contributed by atoms with Crippen molar-refractivity contribution in [1.82, 2.24) is 14.8 Å². The molecule has 0 unspecified atom stereocenters. The second-order valence-electron chi connectivity index (χ2n) is 9.01. The van der Waals surface area contributed by atoms with E-state index in [-0.39, 0.29) is 11.8 Å². The molecule has 34 heavy (non-hydrogen) atoms. The number of ether oxygens (including phenoxy) is 1. The van der Waals surface area contributed by atoms with Gasteiger partial charge >= 0.3 is 0 Å². The van der Waals surface area contributed by atoms with Crippen molar-refractivity contribution >= 4 is 28.4 Å². The molecule has 5 rings (SSSR count). The van der Waals surface area contributed by atoms with Gasteiger partial charge in [-0.1, -0.05) is 30.3 Å². The number of hydrogen-bond donors (Lipinski definition) is 1. The van der Waals surface area contributed by atoms with Crippen molar-refractivity contribution in [3.63, 3.8) is 0 Å². The first kappa shape index (κ1) is 22.3. The summed E-state index contributed by atoms with van der Waals surface area (Å²) in [6, 6.07) is 15.7. The van der Waals surface area contributed by atoms with Gasteiger partial charge in [0.2, 0.25) is 5.91 Å². The van der Waals surface area contributed by atoms with E-state index >= 15 is 0 Å². The van der Waals surface area contributed by atoms with Gasteiger partial charge in [-0.3, -0.25) is 14.5 Å². The molecule has 1 aromatic heterocycles. The Balaban J connectivity index is 1.09. The van der Waals surface area contributed by atoms with Crippen LogP contribution in [-0.4, -0.2) is 65.9 Å². The Morgan fingerprint density at radius 2 is 1.85 bits per heavy atom. The quantitative estimate of drug-likeness (QED) is 0.571. The van der Waals surface area contributed by atoms with E-state index in [1.54, 1.807) is 0 Å². The summed E-state index contributed by atoms with van der Waals surface area (Å²) in [5.74, 6) is 0.950. The second-order valence-corrected chi connectivity index (χ2v) is 9.01. The van der Waals surface area contributed by atoms with Gasteiger partial charge in [-0.25, -0.2) is 4.98 Å². The summed E-state index contributed by atoms with van der Waals surface area (Å²) in [5, 5.41) is 4.02. The molecule has 176 valence electrons. The minimum atomic E-state index is 0.00460. The fourth-order valence-electron chi connectivity index (χ4n) is 4.74. The molecule has 7 nitrogen and oxygen atoms in total. The van der Waals surface area contributed by atoms with Gasteiger partial charge in [0.05, 0.1) is 17.8 Å². The molecule has 3 heterocycles. The number of carbonyl (C=O) groups is 2. The van der Waals surface area contributed by atoms with Crippen LogP contribution in [0.3, 0.4) is 0 Å². The maximum Gasteiger partial charge on any atom is 0.272 e. The maximum absolute atomic E-state index is 12.9. The van der Waals surface area contributed by atoms with E-state index < -0.39 is 0 Å². The number of carbonyl (C=O) groups excluding carboxylic acids is 2. The average Bonchev–Trinajstić information content (AvgIpc) is 2.87. The van der Waals surface area contributed by atoms with Crippen molar-refractivity contribution < 1.29 is 14.3 Å². The molecule has 2 aliphatic heterocycles. The lowest BCUT2D eigenvalue weighted by Crippen LogP contribution is -2.49. The third kappa shape index (κ3) is 4.75. The van der Waals surface area contributed by atoms with Gasteiger partial charge in [0.15, 0.2) is 0 Å². The van der Waals surface area contributed by atoms with Crippen LogP contribution >= 0.6 is 0 Å². The van der Waals surface area contributed by atoms with Gasteiger partial charge in [-0.15, -0.1) is 0 Å². The number of benzene rings is 2. The van der Waals surface area contributed by atoms with E-state index in [9.17, 15) is 9.59 Å². The molecule has 1 fully saturated rings. The van der Waals surface area contributed by atoms with Gasteiger partial charge in [-0.2, -0.15) is 0 Å². The molecule has 0 radical (unpaired) electrons. The van der Waals surface area contributed by atoms with Crippen LogP contribution in [0, 0.1) is 6.92 Å². The van der Waals surface area contributed by atoms with E-state index in [1.807, 2.05) is 60.4 Å². The number of piperazine rings is 1. The highest BCUT2D eigenvalue weighted by molar-refractivity contribution is 5.96. The lowest BCUT2D eigenvalue weighted by Gasteiger charge is -2.34. The van der Waals surface area contributed by atoms with Crippen LogP contribution < -0.4 is 10.1 Å². The Morgan fingerprint density at radius 1 is 1.03 bits per heavy atom. The van der Waals surface area contributed by atoms with E-state index in [0.29, 0.717) is 31.8 Å². The van der Waals surface area contributed by atoms with Gasteiger partial charge in [0.25, 0.3) is 5.91 Å². The monoisotopic (exact) mass is 458 g/mol. The van der Waals surface area contributed by atoms with Crippen molar-refractivity contribution in [3.8, 4) is 5.75 Å². The summed E-state index contributed by atoms with van der Waals surface area (Å²) in [5.41, 5.74) is 4.45. The predicted molar refractivity (Wildman–Crippen MR) is 132 cm³/mol. The molecule has 0 saturated carbocycles. The number of fused-ring (bicyclic) bond motifs is 2. The van der Waals surface area contributed by atoms with E-state index in [2.05, 4.69) is 15.2 Å². The number of nitrogens with one attached hydrogen (secondary N) is 1. The SMILES string of the molecule is Cc1ccc(OCCCN2CCN(C(=O)c3ccc4ccccc4n3)CC2)c2c1NC(=O)CC2. The molecular formula is C27H30N4O3. The van der Waals surface area contributed by atoms with Gasteiger partial charge in [0.1, 0.15) is 11.4 Å². The van der Waals surface area contributed by atoms with Crippen LogP contribution in [-0.2, 0) is 11.2 Å². The molecule has 1 N–H and O–H groups in total. The number of hydrogen-bond acceptors (Lipinski definition) is 5. The van der Waals surface area contributed by atoms with Crippen LogP contribution in [0.1, 0.15) is 34.5 Å². The summed E-state index contributed by atoms with van der Waals surface area (Å²) in [6.45, 7) is 6.69. The van der Waals surface area contributed by atoms with Crippen LogP contribution in [0.2, 0.25) is 0 Å². The Hall–Kier alpha value is -3.45. The van der Waals surface area contributed by atoms with E-state index in [1.165, 1.54) is 0 Å². The normalized spacial score (nSPS) is 16.3. The molecule has 0 aliphatic carbocycles. The molecule has 0 bridgehead atoms. The van der Waals surface area contributed by atoms with Crippen LogP contribution in [0.4, 0.5) is 5.69 Å².